The third kappa shape index (κ3) is 3.83. The summed E-state index contributed by atoms with van der Waals surface area (Å²) >= 11 is 0. The molecule has 0 aromatic heterocycles. The summed E-state index contributed by atoms with van der Waals surface area (Å²) < 4.78 is 0. The van der Waals surface area contributed by atoms with E-state index in [2.05, 4.69) is 37.8 Å². The second-order valence-corrected chi connectivity index (χ2v) is 5.89. The SMILES string of the molecule is C=CCCCC(NCC)C1(N(C)C)CCCCC1. The maximum absolute atomic E-state index is 3.84. The molecule has 1 atom stereocenters. The summed E-state index contributed by atoms with van der Waals surface area (Å²) in [5, 5.41) is 3.76. The molecule has 1 N–H and O–H groups in total. The molecule has 1 rings (SSSR count). The first-order chi connectivity index (χ1) is 8.67. The second kappa shape index (κ2) is 7.96. The Hall–Kier alpha value is -0.340. The normalized spacial score (nSPS) is 20.9. The van der Waals surface area contributed by atoms with Crippen LogP contribution in [0.5, 0.6) is 0 Å². The van der Waals surface area contributed by atoms with E-state index in [4.69, 9.17) is 0 Å². The number of nitrogens with zero attached hydrogens (tertiary/aromatic N) is 1. The molecule has 0 aromatic carbocycles. The van der Waals surface area contributed by atoms with E-state index in [-0.39, 0.29) is 0 Å². The van der Waals surface area contributed by atoms with Crippen molar-refractivity contribution in [3.05, 3.63) is 12.7 Å². The zero-order valence-corrected chi connectivity index (χ0v) is 12.7. The van der Waals surface area contributed by atoms with Gasteiger partial charge in [0.2, 0.25) is 0 Å². The Morgan fingerprint density at radius 1 is 1.28 bits per heavy atom. The second-order valence-electron chi connectivity index (χ2n) is 5.89. The molecule has 0 spiro atoms. The highest BCUT2D eigenvalue weighted by molar-refractivity contribution is 5.00. The zero-order chi connectivity index (χ0) is 13.4. The summed E-state index contributed by atoms with van der Waals surface area (Å²) in [6.45, 7) is 7.14. The molecule has 18 heavy (non-hydrogen) atoms. The lowest BCUT2D eigenvalue weighted by atomic mass is 9.73. The highest BCUT2D eigenvalue weighted by atomic mass is 15.2. The number of unbranched alkanes of at least 4 members (excludes halogenated alkanes) is 1. The van der Waals surface area contributed by atoms with Crippen LogP contribution in [0.15, 0.2) is 12.7 Å². The van der Waals surface area contributed by atoms with Crippen LogP contribution in [-0.2, 0) is 0 Å². The summed E-state index contributed by atoms with van der Waals surface area (Å²) in [6.07, 6.45) is 12.6. The van der Waals surface area contributed by atoms with E-state index in [1.54, 1.807) is 0 Å². The van der Waals surface area contributed by atoms with E-state index in [0.717, 1.165) is 13.0 Å². The Kier molecular flexibility index (Phi) is 6.95. The highest BCUT2D eigenvalue weighted by Gasteiger charge is 2.40. The first-order valence-corrected chi connectivity index (χ1v) is 7.69. The fourth-order valence-electron chi connectivity index (χ4n) is 3.54. The predicted molar refractivity (Wildman–Crippen MR) is 81.0 cm³/mol. The van der Waals surface area contributed by atoms with E-state index in [1.807, 2.05) is 6.08 Å². The van der Waals surface area contributed by atoms with E-state index in [9.17, 15) is 0 Å². The van der Waals surface area contributed by atoms with Crippen LogP contribution in [0.4, 0.5) is 0 Å². The fraction of sp³-hybridized carbons (Fsp3) is 0.875. The van der Waals surface area contributed by atoms with Crippen molar-refractivity contribution in [2.45, 2.75) is 69.9 Å². The van der Waals surface area contributed by atoms with Gasteiger partial charge < -0.3 is 10.2 Å². The van der Waals surface area contributed by atoms with Crippen LogP contribution < -0.4 is 5.32 Å². The molecular weight excluding hydrogens is 220 g/mol. The quantitative estimate of drug-likeness (QED) is 0.524. The summed E-state index contributed by atoms with van der Waals surface area (Å²) in [5.74, 6) is 0. The van der Waals surface area contributed by atoms with Crippen molar-refractivity contribution >= 4 is 0 Å². The van der Waals surface area contributed by atoms with Crippen molar-refractivity contribution in [1.29, 1.82) is 0 Å². The fourth-order valence-corrected chi connectivity index (χ4v) is 3.54. The van der Waals surface area contributed by atoms with E-state index >= 15 is 0 Å². The van der Waals surface area contributed by atoms with Crippen LogP contribution in [0.2, 0.25) is 0 Å². The van der Waals surface area contributed by atoms with Gasteiger partial charge in [0.05, 0.1) is 0 Å². The molecule has 0 heterocycles. The van der Waals surface area contributed by atoms with Crippen molar-refractivity contribution < 1.29 is 0 Å². The van der Waals surface area contributed by atoms with Gasteiger partial charge in [-0.25, -0.2) is 0 Å². The number of rotatable bonds is 8. The third-order valence-corrected chi connectivity index (χ3v) is 4.61. The molecule has 0 aromatic rings. The summed E-state index contributed by atoms with van der Waals surface area (Å²) in [4.78, 5) is 2.49. The smallest absolute Gasteiger partial charge is 0.0356 e. The third-order valence-electron chi connectivity index (χ3n) is 4.61. The standard InChI is InChI=1S/C16H32N2/c1-5-7-9-12-15(17-6-2)16(18(3)4)13-10-8-11-14-16/h5,15,17H,1,6-14H2,2-4H3. The summed E-state index contributed by atoms with van der Waals surface area (Å²) in [7, 11) is 4.53. The maximum Gasteiger partial charge on any atom is 0.0356 e. The minimum Gasteiger partial charge on any atom is -0.312 e. The van der Waals surface area contributed by atoms with Crippen molar-refractivity contribution in [2.75, 3.05) is 20.6 Å². The van der Waals surface area contributed by atoms with Gasteiger partial charge in [0.15, 0.2) is 0 Å². The lowest BCUT2D eigenvalue weighted by Crippen LogP contribution is -2.59. The van der Waals surface area contributed by atoms with Gasteiger partial charge in [-0.05, 0) is 52.7 Å². The average Bonchev–Trinajstić information content (AvgIpc) is 2.38. The van der Waals surface area contributed by atoms with Crippen LogP contribution in [0.3, 0.4) is 0 Å². The molecular formula is C16H32N2. The number of hydrogen-bond acceptors (Lipinski definition) is 2. The number of likely N-dealkylation sites (N-methyl/N-ethyl adjacent to an activating group) is 2. The maximum atomic E-state index is 3.84. The van der Waals surface area contributed by atoms with Gasteiger partial charge in [-0.15, -0.1) is 6.58 Å². The predicted octanol–water partition coefficient (Wildman–Crippen LogP) is 3.59. The molecule has 1 aliphatic carbocycles. The van der Waals surface area contributed by atoms with Gasteiger partial charge in [-0.3, -0.25) is 0 Å². The average molecular weight is 252 g/mol. The van der Waals surface area contributed by atoms with Gasteiger partial charge in [0.1, 0.15) is 0 Å². The molecule has 2 heteroatoms. The molecule has 0 aliphatic heterocycles. The van der Waals surface area contributed by atoms with Crippen molar-refractivity contribution in [3.8, 4) is 0 Å². The Labute approximate surface area is 114 Å². The topological polar surface area (TPSA) is 15.3 Å². The Bertz CT molecular complexity index is 229. The van der Waals surface area contributed by atoms with Gasteiger partial charge in [-0.1, -0.05) is 32.3 Å². The zero-order valence-electron chi connectivity index (χ0n) is 12.7. The highest BCUT2D eigenvalue weighted by Crippen LogP contribution is 2.36. The molecule has 106 valence electrons. The minimum absolute atomic E-state index is 0.384. The Morgan fingerprint density at radius 3 is 2.44 bits per heavy atom. The molecule has 1 aliphatic rings. The minimum atomic E-state index is 0.384. The largest absolute Gasteiger partial charge is 0.312 e. The molecule has 1 saturated carbocycles. The lowest BCUT2D eigenvalue weighted by Gasteiger charge is -2.49. The number of hydrogen-bond donors (Lipinski definition) is 1. The number of nitrogens with one attached hydrogen (secondary N) is 1. The first-order valence-electron chi connectivity index (χ1n) is 7.69. The van der Waals surface area contributed by atoms with Crippen molar-refractivity contribution in [2.24, 2.45) is 0 Å². The van der Waals surface area contributed by atoms with Crippen molar-refractivity contribution in [1.82, 2.24) is 10.2 Å². The van der Waals surface area contributed by atoms with Crippen LogP contribution in [0.25, 0.3) is 0 Å². The van der Waals surface area contributed by atoms with E-state index < -0.39 is 0 Å². The molecule has 2 nitrogen and oxygen atoms in total. The van der Waals surface area contributed by atoms with Gasteiger partial charge in [0, 0.05) is 11.6 Å². The first kappa shape index (κ1) is 15.7. The summed E-state index contributed by atoms with van der Waals surface area (Å²) in [6, 6.07) is 0.637. The van der Waals surface area contributed by atoms with Crippen LogP contribution >= 0.6 is 0 Å². The van der Waals surface area contributed by atoms with Gasteiger partial charge in [-0.2, -0.15) is 0 Å². The molecule has 1 fully saturated rings. The van der Waals surface area contributed by atoms with Gasteiger partial charge >= 0.3 is 0 Å². The van der Waals surface area contributed by atoms with Gasteiger partial charge in [0.25, 0.3) is 0 Å². The monoisotopic (exact) mass is 252 g/mol. The lowest BCUT2D eigenvalue weighted by molar-refractivity contribution is 0.0534. The molecule has 0 bridgehead atoms. The molecule has 0 amide bonds. The Morgan fingerprint density at radius 2 is 1.94 bits per heavy atom. The van der Waals surface area contributed by atoms with Crippen LogP contribution in [-0.4, -0.2) is 37.1 Å². The molecule has 1 unspecified atom stereocenters. The Balaban J connectivity index is 2.72. The summed E-state index contributed by atoms with van der Waals surface area (Å²) in [5.41, 5.74) is 0.384. The van der Waals surface area contributed by atoms with Crippen LogP contribution in [0, 0.1) is 0 Å². The molecule has 0 radical (unpaired) electrons. The number of allylic oxidation sites excluding steroid dienone is 1. The molecule has 0 saturated heterocycles. The van der Waals surface area contributed by atoms with Crippen molar-refractivity contribution in [3.63, 3.8) is 0 Å². The van der Waals surface area contributed by atoms with Crippen LogP contribution in [0.1, 0.15) is 58.3 Å². The van der Waals surface area contributed by atoms with E-state index in [1.165, 1.54) is 44.9 Å². The van der Waals surface area contributed by atoms with E-state index in [0.29, 0.717) is 11.6 Å².